The second-order valence-corrected chi connectivity index (χ2v) is 6.34. The molecule has 3 aliphatic heterocycles. The third kappa shape index (κ3) is 2.55. The van der Waals surface area contributed by atoms with Crippen LogP contribution >= 0.6 is 11.6 Å². The summed E-state index contributed by atoms with van der Waals surface area (Å²) in [5.74, 6) is 0.0996. The Labute approximate surface area is 124 Å². The summed E-state index contributed by atoms with van der Waals surface area (Å²) < 4.78 is 0.933. The van der Waals surface area contributed by atoms with Crippen molar-refractivity contribution in [1.82, 2.24) is 4.90 Å². The Morgan fingerprint density at radius 2 is 1.95 bits per heavy atom. The molecule has 1 amide bonds. The lowest BCUT2D eigenvalue weighted by Gasteiger charge is -2.52. The van der Waals surface area contributed by atoms with Crippen molar-refractivity contribution in [3.05, 3.63) is 29.3 Å². The number of carbonyl (C=O) groups is 1. The lowest BCUT2D eigenvalue weighted by molar-refractivity contribution is -0.953. The summed E-state index contributed by atoms with van der Waals surface area (Å²) in [7, 11) is 0. The Morgan fingerprint density at radius 1 is 1.30 bits per heavy atom. The molecule has 3 saturated heterocycles. The molecule has 4 nitrogen and oxygen atoms in total. The molecular formula is C15H21ClN3O+. The summed E-state index contributed by atoms with van der Waals surface area (Å²) in [5.41, 5.74) is 0.781. The molecule has 3 fully saturated rings. The third-order valence-electron chi connectivity index (χ3n) is 4.88. The van der Waals surface area contributed by atoms with E-state index in [9.17, 15) is 4.79 Å². The third-order valence-corrected chi connectivity index (χ3v) is 5.11. The number of carbonyl (C=O) groups excluding carboxylic acids is 1. The van der Waals surface area contributed by atoms with Crippen molar-refractivity contribution in [3.63, 3.8) is 0 Å². The van der Waals surface area contributed by atoms with Crippen LogP contribution in [0.3, 0.4) is 0 Å². The van der Waals surface area contributed by atoms with Crippen LogP contribution in [-0.4, -0.2) is 60.6 Å². The lowest BCUT2D eigenvalue weighted by atomic mass is 10.1. The molecule has 4 rings (SSSR count). The minimum Gasteiger partial charge on any atom is -0.321 e. The maximum atomic E-state index is 12.5. The Morgan fingerprint density at radius 3 is 2.55 bits per heavy atom. The zero-order valence-electron chi connectivity index (χ0n) is 11.8. The van der Waals surface area contributed by atoms with E-state index in [2.05, 4.69) is 17.1 Å². The van der Waals surface area contributed by atoms with E-state index in [1.807, 2.05) is 18.2 Å². The van der Waals surface area contributed by atoms with Crippen molar-refractivity contribution in [2.75, 3.05) is 44.6 Å². The van der Waals surface area contributed by atoms with E-state index in [0.29, 0.717) is 5.02 Å². The molecule has 1 atom stereocenters. The van der Waals surface area contributed by atoms with Crippen LogP contribution in [0.25, 0.3) is 0 Å². The molecule has 108 valence electrons. The normalized spacial score (nSPS) is 30.0. The first-order chi connectivity index (χ1) is 9.59. The molecule has 0 saturated carbocycles. The summed E-state index contributed by atoms with van der Waals surface area (Å²) in [6, 6.07) is 7.34. The Bertz CT molecular complexity index is 498. The minimum absolute atomic E-state index is 0.00330. The summed E-state index contributed by atoms with van der Waals surface area (Å²) >= 11 is 5.96. The van der Waals surface area contributed by atoms with Gasteiger partial charge in [0.25, 0.3) is 5.91 Å². The molecule has 1 N–H and O–H groups in total. The molecule has 0 unspecified atom stereocenters. The first kappa shape index (κ1) is 13.9. The van der Waals surface area contributed by atoms with Gasteiger partial charge in [-0.15, -0.1) is 0 Å². The fraction of sp³-hybridized carbons (Fsp3) is 0.533. The van der Waals surface area contributed by atoms with Gasteiger partial charge in [-0.2, -0.15) is 0 Å². The van der Waals surface area contributed by atoms with Crippen molar-refractivity contribution in [3.8, 4) is 0 Å². The number of anilines is 1. The zero-order chi connectivity index (χ0) is 14.2. The van der Waals surface area contributed by atoms with Crippen LogP contribution in [-0.2, 0) is 4.79 Å². The van der Waals surface area contributed by atoms with Gasteiger partial charge >= 0.3 is 0 Å². The van der Waals surface area contributed by atoms with Gasteiger partial charge in [0, 0.05) is 30.3 Å². The summed E-state index contributed by atoms with van der Waals surface area (Å²) in [4.78, 5) is 15.0. The number of fused-ring (bicyclic) bond motifs is 3. The molecule has 1 aromatic carbocycles. The standard InChI is InChI=1S/C15H20ClN3O/c1-12(19-8-5-18(6-9-19)7-10-19)15(20)17-14-4-2-3-13(16)11-14/h2-4,11-12H,5-10H2,1H3/p+1/t12-/m0/s1. The highest BCUT2D eigenvalue weighted by Gasteiger charge is 2.45. The van der Waals surface area contributed by atoms with E-state index >= 15 is 0 Å². The number of benzene rings is 1. The summed E-state index contributed by atoms with van der Waals surface area (Å²) in [5, 5.41) is 3.65. The Hall–Kier alpha value is -1.10. The van der Waals surface area contributed by atoms with Crippen LogP contribution in [0.4, 0.5) is 5.69 Å². The van der Waals surface area contributed by atoms with E-state index in [1.54, 1.807) is 6.07 Å². The molecule has 3 heterocycles. The number of halogens is 1. The van der Waals surface area contributed by atoms with Crippen molar-refractivity contribution >= 4 is 23.2 Å². The highest BCUT2D eigenvalue weighted by molar-refractivity contribution is 6.30. The van der Waals surface area contributed by atoms with Gasteiger partial charge < -0.3 is 9.80 Å². The molecule has 0 aliphatic carbocycles. The predicted octanol–water partition coefficient (Wildman–Crippen LogP) is 1.81. The van der Waals surface area contributed by atoms with Crippen LogP contribution in [0.1, 0.15) is 6.92 Å². The molecule has 5 heteroatoms. The number of nitrogens with one attached hydrogen (secondary N) is 1. The number of hydrogen-bond acceptors (Lipinski definition) is 2. The van der Waals surface area contributed by atoms with Gasteiger partial charge in [0.2, 0.25) is 0 Å². The van der Waals surface area contributed by atoms with E-state index < -0.39 is 0 Å². The Kier molecular flexibility index (Phi) is 3.71. The average Bonchev–Trinajstić information content (AvgIpc) is 2.48. The SMILES string of the molecule is C[C@@H](C(=O)Nc1cccc(Cl)c1)[N+]12CCN(CC1)CC2. The molecule has 0 aromatic heterocycles. The van der Waals surface area contributed by atoms with Gasteiger partial charge in [-0.1, -0.05) is 17.7 Å². The first-order valence-corrected chi connectivity index (χ1v) is 7.61. The van der Waals surface area contributed by atoms with Crippen LogP contribution in [0, 0.1) is 0 Å². The number of nitrogens with zero attached hydrogens (tertiary/aromatic N) is 2. The van der Waals surface area contributed by atoms with E-state index in [-0.39, 0.29) is 11.9 Å². The highest BCUT2D eigenvalue weighted by Crippen LogP contribution is 2.24. The summed E-state index contributed by atoms with van der Waals surface area (Å²) in [6.07, 6.45) is 0. The number of quaternary nitrogens is 1. The fourth-order valence-electron chi connectivity index (χ4n) is 3.34. The van der Waals surface area contributed by atoms with Gasteiger partial charge in [-0.3, -0.25) is 9.69 Å². The van der Waals surface area contributed by atoms with Crippen LogP contribution in [0.15, 0.2) is 24.3 Å². The van der Waals surface area contributed by atoms with Crippen molar-refractivity contribution in [2.45, 2.75) is 13.0 Å². The van der Waals surface area contributed by atoms with Crippen LogP contribution in [0.2, 0.25) is 5.02 Å². The summed E-state index contributed by atoms with van der Waals surface area (Å²) in [6.45, 7) is 8.68. The molecule has 1 aromatic rings. The number of hydrogen-bond donors (Lipinski definition) is 1. The predicted molar refractivity (Wildman–Crippen MR) is 80.8 cm³/mol. The van der Waals surface area contributed by atoms with Gasteiger partial charge in [0.1, 0.15) is 0 Å². The van der Waals surface area contributed by atoms with Crippen molar-refractivity contribution < 1.29 is 9.28 Å². The molecule has 2 bridgehead atoms. The maximum absolute atomic E-state index is 12.5. The highest BCUT2D eigenvalue weighted by atomic mass is 35.5. The van der Waals surface area contributed by atoms with Gasteiger partial charge in [-0.25, -0.2) is 0 Å². The number of rotatable bonds is 3. The van der Waals surface area contributed by atoms with Gasteiger partial charge in [0.15, 0.2) is 6.04 Å². The monoisotopic (exact) mass is 294 g/mol. The Balaban J connectivity index is 1.70. The maximum Gasteiger partial charge on any atom is 0.282 e. The topological polar surface area (TPSA) is 32.3 Å². The van der Waals surface area contributed by atoms with Crippen molar-refractivity contribution in [2.24, 2.45) is 0 Å². The lowest BCUT2D eigenvalue weighted by Crippen LogP contribution is -2.72. The minimum atomic E-state index is -0.00330. The quantitative estimate of drug-likeness (QED) is 0.863. The van der Waals surface area contributed by atoms with Crippen LogP contribution < -0.4 is 5.32 Å². The molecule has 0 radical (unpaired) electrons. The number of piperazine rings is 3. The van der Waals surface area contributed by atoms with E-state index in [4.69, 9.17) is 11.6 Å². The van der Waals surface area contributed by atoms with Crippen LogP contribution in [0.5, 0.6) is 0 Å². The first-order valence-electron chi connectivity index (χ1n) is 7.24. The van der Waals surface area contributed by atoms with Gasteiger partial charge in [0.05, 0.1) is 19.6 Å². The molecule has 3 aliphatic rings. The van der Waals surface area contributed by atoms with Crippen molar-refractivity contribution in [1.29, 1.82) is 0 Å². The van der Waals surface area contributed by atoms with Gasteiger partial charge in [-0.05, 0) is 25.1 Å². The molecule has 0 spiro atoms. The second-order valence-electron chi connectivity index (χ2n) is 5.91. The molecular weight excluding hydrogens is 274 g/mol. The fourth-order valence-corrected chi connectivity index (χ4v) is 3.53. The largest absolute Gasteiger partial charge is 0.321 e. The molecule has 20 heavy (non-hydrogen) atoms. The van der Waals surface area contributed by atoms with E-state index in [1.165, 1.54) is 0 Å². The second kappa shape index (κ2) is 5.35. The smallest absolute Gasteiger partial charge is 0.282 e. The van der Waals surface area contributed by atoms with E-state index in [0.717, 1.165) is 49.4 Å². The zero-order valence-corrected chi connectivity index (χ0v) is 12.6. The average molecular weight is 295 g/mol. The number of amides is 1.